The third kappa shape index (κ3) is 3.84. The molecule has 3 aromatic rings. The van der Waals surface area contributed by atoms with Gasteiger partial charge in [0.25, 0.3) is 5.56 Å². The molecule has 1 fully saturated rings. The summed E-state index contributed by atoms with van der Waals surface area (Å²) in [5, 5.41) is 18.7. The molecule has 0 saturated carbocycles. The normalized spacial score (nSPS) is 21.4. The highest BCUT2D eigenvalue weighted by molar-refractivity contribution is 5.58. The van der Waals surface area contributed by atoms with Crippen molar-refractivity contribution >= 4 is 0 Å². The predicted molar refractivity (Wildman–Crippen MR) is 103 cm³/mol. The molecule has 1 saturated heterocycles. The first-order chi connectivity index (χ1) is 13.9. The molecule has 4 rings (SSSR count). The maximum absolute atomic E-state index is 12.1. The lowest BCUT2D eigenvalue weighted by Crippen LogP contribution is -2.33. The zero-order valence-electron chi connectivity index (χ0n) is 16.0. The van der Waals surface area contributed by atoms with Gasteiger partial charge in [0.1, 0.15) is 23.8 Å². The summed E-state index contributed by atoms with van der Waals surface area (Å²) in [6.45, 7) is 1.88. The molecular formula is C19H21N5O5. The summed E-state index contributed by atoms with van der Waals surface area (Å²) in [5.41, 5.74) is 0.963. The Morgan fingerprint density at radius 2 is 2.03 bits per heavy atom. The number of aryl methyl sites for hydroxylation is 1. The molecule has 10 nitrogen and oxygen atoms in total. The van der Waals surface area contributed by atoms with E-state index >= 15 is 0 Å². The maximum Gasteiger partial charge on any atom is 0.330 e. The Kier molecular flexibility index (Phi) is 5.03. The van der Waals surface area contributed by atoms with Crippen LogP contribution in [0.3, 0.4) is 0 Å². The molecule has 0 radical (unpaired) electrons. The van der Waals surface area contributed by atoms with Crippen LogP contribution in [-0.4, -0.2) is 49.0 Å². The van der Waals surface area contributed by atoms with Gasteiger partial charge in [0.2, 0.25) is 0 Å². The molecule has 152 valence electrons. The topological polar surface area (TPSA) is 124 Å². The lowest BCUT2D eigenvalue weighted by molar-refractivity contribution is -0.0302. The Bertz CT molecular complexity index is 1120. The van der Waals surface area contributed by atoms with Crippen LogP contribution in [0.2, 0.25) is 0 Å². The summed E-state index contributed by atoms with van der Waals surface area (Å²) in [6.07, 6.45) is 1.43. The van der Waals surface area contributed by atoms with Crippen LogP contribution < -0.4 is 16.0 Å². The van der Waals surface area contributed by atoms with Gasteiger partial charge in [0.05, 0.1) is 26.0 Å². The molecule has 29 heavy (non-hydrogen) atoms. The second-order valence-electron chi connectivity index (χ2n) is 6.97. The number of ether oxygens (including phenoxy) is 2. The van der Waals surface area contributed by atoms with E-state index in [1.54, 1.807) is 24.9 Å². The van der Waals surface area contributed by atoms with E-state index < -0.39 is 29.7 Å². The van der Waals surface area contributed by atoms with Crippen LogP contribution in [0, 0.1) is 6.92 Å². The van der Waals surface area contributed by atoms with Crippen molar-refractivity contribution in [1.29, 1.82) is 0 Å². The molecule has 0 unspecified atom stereocenters. The Morgan fingerprint density at radius 1 is 1.28 bits per heavy atom. The van der Waals surface area contributed by atoms with Gasteiger partial charge < -0.3 is 14.6 Å². The number of aliphatic hydroxyl groups excluding tert-OH is 1. The average Bonchev–Trinajstić information content (AvgIpc) is 3.32. The number of nitrogens with zero attached hydrogens (tertiary/aromatic N) is 4. The van der Waals surface area contributed by atoms with Crippen molar-refractivity contribution in [3.8, 4) is 17.0 Å². The van der Waals surface area contributed by atoms with Crippen molar-refractivity contribution in [2.75, 3.05) is 7.11 Å². The van der Waals surface area contributed by atoms with Gasteiger partial charge in [-0.2, -0.15) is 0 Å². The summed E-state index contributed by atoms with van der Waals surface area (Å²) < 4.78 is 13.9. The Morgan fingerprint density at radius 3 is 2.76 bits per heavy atom. The summed E-state index contributed by atoms with van der Waals surface area (Å²) in [5.74, 6) is 0.752. The van der Waals surface area contributed by atoms with E-state index in [9.17, 15) is 14.7 Å². The smallest absolute Gasteiger partial charge is 0.330 e. The molecule has 3 heterocycles. The summed E-state index contributed by atoms with van der Waals surface area (Å²) >= 11 is 0. The second-order valence-corrected chi connectivity index (χ2v) is 6.97. The number of aliphatic hydroxyl groups is 1. The van der Waals surface area contributed by atoms with Crippen LogP contribution in [0.1, 0.15) is 18.2 Å². The molecule has 0 bridgehead atoms. The molecule has 2 aromatic heterocycles. The molecule has 1 aliphatic heterocycles. The van der Waals surface area contributed by atoms with E-state index in [-0.39, 0.29) is 13.0 Å². The van der Waals surface area contributed by atoms with E-state index in [4.69, 9.17) is 9.47 Å². The molecule has 0 aliphatic carbocycles. The molecule has 0 amide bonds. The SMILES string of the molecule is COc1ccc(-c2cn(C[C@H]3O[C@@H](n4cc(C)c(=O)[nH]c4=O)C[C@@H]3O)nn2)cc1. The minimum atomic E-state index is -0.784. The first-order valence-electron chi connectivity index (χ1n) is 9.15. The molecule has 3 atom stereocenters. The second kappa shape index (κ2) is 7.64. The minimum Gasteiger partial charge on any atom is -0.497 e. The van der Waals surface area contributed by atoms with Crippen molar-refractivity contribution in [3.63, 3.8) is 0 Å². The standard InChI is InChI=1S/C19H21N5O5/c1-11-8-24(19(27)20-18(11)26)17-7-15(25)16(29-17)10-23-9-14(21-22-23)12-3-5-13(28-2)6-4-12/h3-6,8-9,15-17,25H,7,10H2,1-2H3,(H,20,26,27)/t15-,16+,17+/m0/s1. The minimum absolute atomic E-state index is 0.232. The zero-order chi connectivity index (χ0) is 20.5. The van der Waals surface area contributed by atoms with Crippen LogP contribution in [0.5, 0.6) is 5.75 Å². The Balaban J connectivity index is 1.48. The summed E-state index contributed by atoms with van der Waals surface area (Å²) in [7, 11) is 1.61. The lowest BCUT2D eigenvalue weighted by atomic mass is 10.1. The van der Waals surface area contributed by atoms with E-state index in [0.29, 0.717) is 11.3 Å². The molecule has 1 aliphatic rings. The molecule has 1 aromatic carbocycles. The van der Waals surface area contributed by atoms with Crippen molar-refractivity contribution in [1.82, 2.24) is 24.5 Å². The Labute approximate surface area is 165 Å². The van der Waals surface area contributed by atoms with Crippen LogP contribution in [0.15, 0.2) is 46.2 Å². The van der Waals surface area contributed by atoms with Gasteiger partial charge in [-0.15, -0.1) is 5.10 Å². The van der Waals surface area contributed by atoms with Crippen LogP contribution in [-0.2, 0) is 11.3 Å². The highest BCUT2D eigenvalue weighted by Crippen LogP contribution is 2.29. The number of aromatic nitrogens is 5. The first-order valence-corrected chi connectivity index (χ1v) is 9.15. The van der Waals surface area contributed by atoms with Crippen molar-refractivity contribution in [2.24, 2.45) is 0 Å². The predicted octanol–water partition coefficient (Wildman–Crippen LogP) is 0.461. The van der Waals surface area contributed by atoms with Crippen molar-refractivity contribution in [2.45, 2.75) is 38.3 Å². The summed E-state index contributed by atoms with van der Waals surface area (Å²) in [4.78, 5) is 25.9. The molecule has 2 N–H and O–H groups in total. The number of methoxy groups -OCH3 is 1. The van der Waals surface area contributed by atoms with E-state index in [0.717, 1.165) is 11.3 Å². The highest BCUT2D eigenvalue weighted by atomic mass is 16.5. The van der Waals surface area contributed by atoms with E-state index in [1.165, 1.54) is 10.8 Å². The van der Waals surface area contributed by atoms with E-state index in [1.807, 2.05) is 24.3 Å². The fourth-order valence-electron chi connectivity index (χ4n) is 3.32. The van der Waals surface area contributed by atoms with E-state index in [2.05, 4.69) is 15.3 Å². The van der Waals surface area contributed by atoms with Gasteiger partial charge in [0.15, 0.2) is 0 Å². The van der Waals surface area contributed by atoms with Gasteiger partial charge in [0, 0.05) is 23.7 Å². The van der Waals surface area contributed by atoms with Crippen LogP contribution in [0.4, 0.5) is 0 Å². The summed E-state index contributed by atoms with van der Waals surface area (Å²) in [6, 6.07) is 7.45. The fraction of sp³-hybridized carbons (Fsp3) is 0.368. The number of benzene rings is 1. The molecular weight excluding hydrogens is 378 g/mol. The number of rotatable bonds is 5. The number of aromatic amines is 1. The average molecular weight is 399 g/mol. The van der Waals surface area contributed by atoms with Crippen LogP contribution >= 0.6 is 0 Å². The third-order valence-corrected chi connectivity index (χ3v) is 4.95. The van der Waals surface area contributed by atoms with Crippen molar-refractivity contribution in [3.05, 3.63) is 63.1 Å². The van der Waals surface area contributed by atoms with Crippen LogP contribution in [0.25, 0.3) is 11.3 Å². The Hall–Kier alpha value is -3.24. The zero-order valence-corrected chi connectivity index (χ0v) is 16.0. The number of nitrogens with one attached hydrogen (secondary N) is 1. The number of hydrogen-bond donors (Lipinski definition) is 2. The lowest BCUT2D eigenvalue weighted by Gasteiger charge is -2.16. The highest BCUT2D eigenvalue weighted by Gasteiger charge is 2.36. The molecule has 0 spiro atoms. The monoisotopic (exact) mass is 399 g/mol. The third-order valence-electron chi connectivity index (χ3n) is 4.95. The van der Waals surface area contributed by atoms with Gasteiger partial charge >= 0.3 is 5.69 Å². The maximum atomic E-state index is 12.1. The first kappa shape index (κ1) is 19.1. The quantitative estimate of drug-likeness (QED) is 0.639. The van der Waals surface area contributed by atoms with Gasteiger partial charge in [-0.1, -0.05) is 5.21 Å². The largest absolute Gasteiger partial charge is 0.497 e. The molecule has 10 heteroatoms. The van der Waals surface area contributed by atoms with Gasteiger partial charge in [-0.25, -0.2) is 9.48 Å². The van der Waals surface area contributed by atoms with Gasteiger partial charge in [-0.3, -0.25) is 14.3 Å². The number of hydrogen-bond acceptors (Lipinski definition) is 7. The van der Waals surface area contributed by atoms with Crippen molar-refractivity contribution < 1.29 is 14.6 Å². The fourth-order valence-corrected chi connectivity index (χ4v) is 3.32. The number of H-pyrrole nitrogens is 1. The van der Waals surface area contributed by atoms with Gasteiger partial charge in [-0.05, 0) is 31.2 Å².